The second kappa shape index (κ2) is 9.43. The summed E-state index contributed by atoms with van der Waals surface area (Å²) in [5.41, 5.74) is 1.45. The molecule has 4 amide bonds. The molecule has 7 nitrogen and oxygen atoms in total. The molecule has 0 fully saturated rings. The summed E-state index contributed by atoms with van der Waals surface area (Å²) in [6.07, 6.45) is 0. The molecule has 0 bridgehead atoms. The number of anilines is 2. The molecule has 2 aromatic rings. The summed E-state index contributed by atoms with van der Waals surface area (Å²) in [6, 6.07) is 12.9. The standard InChI is InChI=1S/C18H19ClN4O3/c1-2-20-18(26)23-16(24)11-21-15-6-4-3-5-14(15)17(25)22-13-9-7-12(19)8-10-13/h3-10,21H,2,11H2,1H3,(H,22,25)(H2,20,23,24,26). The summed E-state index contributed by atoms with van der Waals surface area (Å²) in [5, 5.41) is 10.8. The first-order chi connectivity index (χ1) is 12.5. The van der Waals surface area contributed by atoms with Crippen LogP contribution in [0.1, 0.15) is 17.3 Å². The molecule has 0 aliphatic rings. The Morgan fingerprint density at radius 1 is 1.00 bits per heavy atom. The number of hydrogen-bond acceptors (Lipinski definition) is 4. The molecule has 8 heteroatoms. The van der Waals surface area contributed by atoms with Crippen molar-refractivity contribution in [3.8, 4) is 0 Å². The van der Waals surface area contributed by atoms with E-state index in [1.165, 1.54) is 0 Å². The van der Waals surface area contributed by atoms with Crippen molar-refractivity contribution in [2.45, 2.75) is 6.92 Å². The highest BCUT2D eigenvalue weighted by molar-refractivity contribution is 6.30. The Hall–Kier alpha value is -3.06. The molecule has 2 aromatic carbocycles. The highest BCUT2D eigenvalue weighted by Gasteiger charge is 2.13. The Morgan fingerprint density at radius 3 is 2.38 bits per heavy atom. The van der Waals surface area contributed by atoms with Crippen molar-refractivity contribution in [2.24, 2.45) is 0 Å². The van der Waals surface area contributed by atoms with Crippen LogP contribution in [0.3, 0.4) is 0 Å². The molecule has 0 atom stereocenters. The average Bonchev–Trinajstić information content (AvgIpc) is 2.62. The lowest BCUT2D eigenvalue weighted by molar-refractivity contribution is -0.118. The van der Waals surface area contributed by atoms with Crippen LogP contribution in [0.4, 0.5) is 16.2 Å². The molecule has 4 N–H and O–H groups in total. The van der Waals surface area contributed by atoms with Gasteiger partial charge in [0, 0.05) is 22.9 Å². The van der Waals surface area contributed by atoms with Crippen LogP contribution in [0.2, 0.25) is 5.02 Å². The molecular formula is C18H19ClN4O3. The van der Waals surface area contributed by atoms with E-state index in [4.69, 9.17) is 11.6 Å². The SMILES string of the molecule is CCNC(=O)NC(=O)CNc1ccccc1C(=O)Nc1ccc(Cl)cc1. The summed E-state index contributed by atoms with van der Waals surface area (Å²) >= 11 is 5.83. The number of carbonyl (C=O) groups excluding carboxylic acids is 3. The number of para-hydroxylation sites is 1. The summed E-state index contributed by atoms with van der Waals surface area (Å²) < 4.78 is 0. The van der Waals surface area contributed by atoms with E-state index in [9.17, 15) is 14.4 Å². The molecular weight excluding hydrogens is 356 g/mol. The van der Waals surface area contributed by atoms with Crippen molar-refractivity contribution < 1.29 is 14.4 Å². The largest absolute Gasteiger partial charge is 0.375 e. The van der Waals surface area contributed by atoms with Crippen molar-refractivity contribution >= 4 is 40.8 Å². The lowest BCUT2D eigenvalue weighted by Gasteiger charge is -2.12. The first-order valence-electron chi connectivity index (χ1n) is 7.97. The Labute approximate surface area is 156 Å². The summed E-state index contributed by atoms with van der Waals surface area (Å²) in [7, 11) is 0. The lowest BCUT2D eigenvalue weighted by atomic mass is 10.1. The normalized spacial score (nSPS) is 9.92. The number of hydrogen-bond donors (Lipinski definition) is 4. The fourth-order valence-corrected chi connectivity index (χ4v) is 2.24. The third kappa shape index (κ3) is 5.78. The van der Waals surface area contributed by atoms with E-state index >= 15 is 0 Å². The number of nitrogens with one attached hydrogen (secondary N) is 4. The molecule has 0 spiro atoms. The number of halogens is 1. The van der Waals surface area contributed by atoms with Crippen LogP contribution in [-0.4, -0.2) is 30.9 Å². The predicted molar refractivity (Wildman–Crippen MR) is 102 cm³/mol. The van der Waals surface area contributed by atoms with E-state index in [0.717, 1.165) is 0 Å². The quantitative estimate of drug-likeness (QED) is 0.624. The van der Waals surface area contributed by atoms with Gasteiger partial charge in [-0.2, -0.15) is 0 Å². The van der Waals surface area contributed by atoms with Gasteiger partial charge < -0.3 is 16.0 Å². The summed E-state index contributed by atoms with van der Waals surface area (Å²) in [5.74, 6) is -0.844. The van der Waals surface area contributed by atoms with Crippen LogP contribution in [0.15, 0.2) is 48.5 Å². The van der Waals surface area contributed by atoms with Gasteiger partial charge in [-0.05, 0) is 43.3 Å². The van der Waals surface area contributed by atoms with Gasteiger partial charge in [0.1, 0.15) is 0 Å². The molecule has 2 rings (SSSR count). The van der Waals surface area contributed by atoms with E-state index in [1.807, 2.05) is 0 Å². The van der Waals surface area contributed by atoms with E-state index in [2.05, 4.69) is 21.3 Å². The Bertz CT molecular complexity index is 793. The summed E-state index contributed by atoms with van der Waals surface area (Å²) in [6.45, 7) is 2.01. The minimum atomic E-state index is -0.562. The number of benzene rings is 2. The zero-order valence-electron chi connectivity index (χ0n) is 14.1. The molecule has 0 aliphatic carbocycles. The highest BCUT2D eigenvalue weighted by atomic mass is 35.5. The minimum Gasteiger partial charge on any atom is -0.375 e. The second-order valence-electron chi connectivity index (χ2n) is 5.27. The first-order valence-corrected chi connectivity index (χ1v) is 8.35. The minimum absolute atomic E-state index is 0.150. The second-order valence-corrected chi connectivity index (χ2v) is 5.70. The van der Waals surface area contributed by atoms with Crippen molar-refractivity contribution in [3.05, 3.63) is 59.1 Å². The third-order valence-electron chi connectivity index (χ3n) is 3.30. The maximum atomic E-state index is 12.5. The van der Waals surface area contributed by atoms with Crippen molar-refractivity contribution in [2.75, 3.05) is 23.7 Å². The molecule has 0 heterocycles. The number of amides is 4. The smallest absolute Gasteiger partial charge is 0.321 e. The van der Waals surface area contributed by atoms with Gasteiger partial charge in [-0.25, -0.2) is 4.79 Å². The van der Waals surface area contributed by atoms with E-state index in [1.54, 1.807) is 55.5 Å². The first kappa shape index (κ1) is 19.3. The van der Waals surface area contributed by atoms with Gasteiger partial charge in [-0.1, -0.05) is 23.7 Å². The van der Waals surface area contributed by atoms with E-state index < -0.39 is 11.9 Å². The Morgan fingerprint density at radius 2 is 1.69 bits per heavy atom. The number of carbonyl (C=O) groups is 3. The Kier molecular flexibility index (Phi) is 6.99. The van der Waals surface area contributed by atoms with Gasteiger partial charge in [0.2, 0.25) is 5.91 Å². The molecule has 136 valence electrons. The molecule has 0 saturated heterocycles. The third-order valence-corrected chi connectivity index (χ3v) is 3.56. The fourth-order valence-electron chi connectivity index (χ4n) is 2.12. The van der Waals surface area contributed by atoms with Crippen LogP contribution in [-0.2, 0) is 4.79 Å². The average molecular weight is 375 g/mol. The number of imide groups is 1. The van der Waals surface area contributed by atoms with E-state index in [-0.39, 0.29) is 12.5 Å². The van der Waals surface area contributed by atoms with Gasteiger partial charge in [-0.3, -0.25) is 14.9 Å². The van der Waals surface area contributed by atoms with Crippen molar-refractivity contribution in [1.29, 1.82) is 0 Å². The van der Waals surface area contributed by atoms with Crippen LogP contribution >= 0.6 is 11.6 Å². The zero-order valence-corrected chi connectivity index (χ0v) is 14.9. The van der Waals surface area contributed by atoms with Gasteiger partial charge in [0.05, 0.1) is 12.1 Å². The summed E-state index contributed by atoms with van der Waals surface area (Å²) in [4.78, 5) is 35.6. The van der Waals surface area contributed by atoms with Crippen molar-refractivity contribution in [1.82, 2.24) is 10.6 Å². The Balaban J connectivity index is 2.00. The van der Waals surface area contributed by atoms with Gasteiger partial charge in [0.15, 0.2) is 0 Å². The van der Waals surface area contributed by atoms with Crippen molar-refractivity contribution in [3.63, 3.8) is 0 Å². The van der Waals surface area contributed by atoms with Crippen LogP contribution in [0, 0.1) is 0 Å². The topological polar surface area (TPSA) is 99.3 Å². The number of rotatable bonds is 6. The zero-order chi connectivity index (χ0) is 18.9. The number of urea groups is 1. The van der Waals surface area contributed by atoms with Gasteiger partial charge in [0.25, 0.3) is 5.91 Å². The molecule has 0 radical (unpaired) electrons. The lowest BCUT2D eigenvalue weighted by Crippen LogP contribution is -2.41. The van der Waals surface area contributed by atoms with E-state index in [0.29, 0.717) is 28.5 Å². The maximum Gasteiger partial charge on any atom is 0.321 e. The highest BCUT2D eigenvalue weighted by Crippen LogP contribution is 2.18. The van der Waals surface area contributed by atoms with Gasteiger partial charge in [-0.15, -0.1) is 0 Å². The van der Waals surface area contributed by atoms with Gasteiger partial charge >= 0.3 is 6.03 Å². The molecule has 0 unspecified atom stereocenters. The van der Waals surface area contributed by atoms with Crippen LogP contribution in [0.25, 0.3) is 0 Å². The van der Waals surface area contributed by atoms with Crippen LogP contribution < -0.4 is 21.3 Å². The predicted octanol–water partition coefficient (Wildman–Crippen LogP) is 2.85. The van der Waals surface area contributed by atoms with Crippen LogP contribution in [0.5, 0.6) is 0 Å². The fraction of sp³-hybridized carbons (Fsp3) is 0.167. The monoisotopic (exact) mass is 374 g/mol. The molecule has 0 saturated carbocycles. The maximum absolute atomic E-state index is 12.5. The molecule has 0 aliphatic heterocycles. The molecule has 26 heavy (non-hydrogen) atoms. The molecule has 0 aromatic heterocycles.